The van der Waals surface area contributed by atoms with Crippen molar-refractivity contribution in [3.63, 3.8) is 0 Å². The number of hydroxylamine groups is 2. The first-order valence-corrected chi connectivity index (χ1v) is 7.89. The van der Waals surface area contributed by atoms with Crippen LogP contribution in [-0.4, -0.2) is 27.8 Å². The van der Waals surface area contributed by atoms with Gasteiger partial charge in [-0.25, -0.2) is 9.86 Å². The number of primary amides is 1. The second kappa shape index (κ2) is 6.29. The van der Waals surface area contributed by atoms with Crippen LogP contribution in [0.4, 0.5) is 4.79 Å². The van der Waals surface area contributed by atoms with Crippen LogP contribution in [-0.2, 0) is 12.8 Å². The van der Waals surface area contributed by atoms with Crippen molar-refractivity contribution in [3.05, 3.63) is 57.0 Å². The molecule has 6 heteroatoms. The Morgan fingerprint density at radius 2 is 2.32 bits per heavy atom. The molecule has 0 aromatic carbocycles. The number of amides is 2. The third-order valence-electron chi connectivity index (χ3n) is 3.63. The van der Waals surface area contributed by atoms with Gasteiger partial charge in [-0.3, -0.25) is 10.2 Å². The van der Waals surface area contributed by atoms with E-state index in [4.69, 9.17) is 5.73 Å². The highest BCUT2D eigenvalue weighted by Crippen LogP contribution is 2.32. The Hall–Kier alpha value is -2.18. The predicted octanol–water partition coefficient (Wildman–Crippen LogP) is 2.83. The lowest BCUT2D eigenvalue weighted by molar-refractivity contribution is -0.0313. The molecule has 3 N–H and O–H groups in total. The maximum absolute atomic E-state index is 10.9. The molecule has 2 aromatic heterocycles. The lowest BCUT2D eigenvalue weighted by atomic mass is 9.98. The molecule has 2 heterocycles. The summed E-state index contributed by atoms with van der Waals surface area (Å²) in [5.41, 5.74) is 8.44. The van der Waals surface area contributed by atoms with E-state index >= 15 is 0 Å². The number of hydrogen-bond acceptors (Lipinski definition) is 4. The fourth-order valence-electron chi connectivity index (χ4n) is 2.57. The van der Waals surface area contributed by atoms with Crippen molar-refractivity contribution in [2.75, 3.05) is 6.54 Å². The van der Waals surface area contributed by atoms with Crippen molar-refractivity contribution in [3.8, 4) is 0 Å². The van der Waals surface area contributed by atoms with Gasteiger partial charge in [-0.2, -0.15) is 0 Å². The first-order valence-electron chi connectivity index (χ1n) is 7.07. The van der Waals surface area contributed by atoms with Crippen LogP contribution in [0.2, 0.25) is 0 Å². The molecule has 114 valence electrons. The predicted molar refractivity (Wildman–Crippen MR) is 85.7 cm³/mol. The highest BCUT2D eigenvalue weighted by atomic mass is 32.1. The largest absolute Gasteiger partial charge is 0.350 e. The Balaban J connectivity index is 1.75. The van der Waals surface area contributed by atoms with E-state index in [0.717, 1.165) is 24.8 Å². The average Bonchev–Trinajstić information content (AvgIpc) is 2.89. The molecule has 1 aliphatic carbocycles. The minimum absolute atomic E-state index is 0.169. The van der Waals surface area contributed by atoms with Gasteiger partial charge in [0.1, 0.15) is 0 Å². The number of carbonyl (C=O) groups is 1. The SMILES string of the molecule is NC(=O)N(O)CC1=Cc2cc(Cc3cccnc3)sc2CC1. The molecule has 1 aliphatic rings. The summed E-state index contributed by atoms with van der Waals surface area (Å²) in [5.74, 6) is 0. The molecule has 0 bridgehead atoms. The number of hydrogen-bond donors (Lipinski definition) is 2. The van der Waals surface area contributed by atoms with Gasteiger partial charge in [0.15, 0.2) is 0 Å². The molecule has 0 fully saturated rings. The van der Waals surface area contributed by atoms with Gasteiger partial charge in [-0.15, -0.1) is 11.3 Å². The minimum Gasteiger partial charge on any atom is -0.350 e. The average molecular weight is 315 g/mol. The lowest BCUT2D eigenvalue weighted by Crippen LogP contribution is -2.34. The topological polar surface area (TPSA) is 79.5 Å². The summed E-state index contributed by atoms with van der Waals surface area (Å²) in [7, 11) is 0. The van der Waals surface area contributed by atoms with Crippen LogP contribution < -0.4 is 5.73 Å². The summed E-state index contributed by atoms with van der Waals surface area (Å²) in [4.78, 5) is 17.7. The molecule has 0 saturated carbocycles. The van der Waals surface area contributed by atoms with Crippen LogP contribution in [0.15, 0.2) is 36.2 Å². The Bertz CT molecular complexity index is 709. The number of carbonyl (C=O) groups excluding carboxylic acids is 1. The van der Waals surface area contributed by atoms with E-state index in [1.165, 1.54) is 20.9 Å². The smallest absolute Gasteiger partial charge is 0.338 e. The molecule has 0 saturated heterocycles. The van der Waals surface area contributed by atoms with Gasteiger partial charge in [-0.05, 0) is 41.7 Å². The molecular formula is C16H17N3O2S. The highest BCUT2D eigenvalue weighted by molar-refractivity contribution is 7.12. The van der Waals surface area contributed by atoms with Crippen molar-refractivity contribution < 1.29 is 10.0 Å². The Morgan fingerprint density at radius 3 is 3.05 bits per heavy atom. The van der Waals surface area contributed by atoms with E-state index in [2.05, 4.69) is 17.1 Å². The van der Waals surface area contributed by atoms with Crippen molar-refractivity contribution in [1.82, 2.24) is 10.0 Å². The van der Waals surface area contributed by atoms with E-state index < -0.39 is 6.03 Å². The standard InChI is InChI=1S/C16H17N3O2S/c17-16(20)19(21)10-12-3-4-15-13(6-12)8-14(22-15)7-11-2-1-5-18-9-11/h1-2,5-6,8-9,21H,3-4,7,10H2,(H2,17,20). The Labute approximate surface area is 132 Å². The lowest BCUT2D eigenvalue weighted by Gasteiger charge is -2.17. The van der Waals surface area contributed by atoms with Gasteiger partial charge in [0, 0.05) is 28.6 Å². The zero-order valence-electron chi connectivity index (χ0n) is 12.0. The van der Waals surface area contributed by atoms with Crippen molar-refractivity contribution in [2.45, 2.75) is 19.3 Å². The third kappa shape index (κ3) is 3.35. The molecule has 0 spiro atoms. The Kier molecular flexibility index (Phi) is 4.22. The minimum atomic E-state index is -0.825. The van der Waals surface area contributed by atoms with E-state index in [0.29, 0.717) is 5.06 Å². The zero-order valence-corrected chi connectivity index (χ0v) is 12.8. The number of nitrogens with two attached hydrogens (primary N) is 1. The quantitative estimate of drug-likeness (QED) is 0.672. The van der Waals surface area contributed by atoms with Gasteiger partial charge >= 0.3 is 6.03 Å². The van der Waals surface area contributed by atoms with Crippen molar-refractivity contribution >= 4 is 23.4 Å². The summed E-state index contributed by atoms with van der Waals surface area (Å²) in [6.45, 7) is 0.169. The normalized spacial score (nSPS) is 13.4. The van der Waals surface area contributed by atoms with Crippen molar-refractivity contribution in [2.24, 2.45) is 5.73 Å². The van der Waals surface area contributed by atoms with Crippen LogP contribution in [0.1, 0.15) is 27.3 Å². The number of aromatic nitrogens is 1. The molecule has 22 heavy (non-hydrogen) atoms. The number of rotatable bonds is 4. The zero-order chi connectivity index (χ0) is 15.5. The molecule has 5 nitrogen and oxygen atoms in total. The number of urea groups is 1. The maximum atomic E-state index is 10.9. The van der Waals surface area contributed by atoms with Gasteiger partial charge in [0.2, 0.25) is 0 Å². The molecule has 2 aromatic rings. The van der Waals surface area contributed by atoms with E-state index in [9.17, 15) is 10.0 Å². The summed E-state index contributed by atoms with van der Waals surface area (Å²) >= 11 is 1.82. The second-order valence-electron chi connectivity index (χ2n) is 5.33. The van der Waals surface area contributed by atoms with Gasteiger partial charge in [0.25, 0.3) is 0 Å². The number of fused-ring (bicyclic) bond motifs is 1. The first kappa shape index (κ1) is 14.7. The number of aryl methyl sites for hydroxylation is 1. The summed E-state index contributed by atoms with van der Waals surface area (Å²) < 4.78 is 0. The van der Waals surface area contributed by atoms with Crippen LogP contribution in [0.3, 0.4) is 0 Å². The van der Waals surface area contributed by atoms with Crippen LogP contribution in [0.5, 0.6) is 0 Å². The molecule has 0 atom stereocenters. The van der Waals surface area contributed by atoms with Crippen LogP contribution in [0, 0.1) is 0 Å². The molecular weight excluding hydrogens is 298 g/mol. The number of nitrogens with zero attached hydrogens (tertiary/aromatic N) is 2. The maximum Gasteiger partial charge on any atom is 0.338 e. The monoisotopic (exact) mass is 315 g/mol. The van der Waals surface area contributed by atoms with Gasteiger partial charge < -0.3 is 5.73 Å². The van der Waals surface area contributed by atoms with Crippen LogP contribution >= 0.6 is 11.3 Å². The fourth-order valence-corrected chi connectivity index (χ4v) is 3.75. The van der Waals surface area contributed by atoms with E-state index in [-0.39, 0.29) is 6.54 Å². The van der Waals surface area contributed by atoms with E-state index in [1.54, 1.807) is 6.20 Å². The molecule has 3 rings (SSSR count). The van der Waals surface area contributed by atoms with Crippen molar-refractivity contribution in [1.29, 1.82) is 0 Å². The third-order valence-corrected chi connectivity index (χ3v) is 4.84. The highest BCUT2D eigenvalue weighted by Gasteiger charge is 2.17. The van der Waals surface area contributed by atoms with E-state index in [1.807, 2.05) is 29.7 Å². The second-order valence-corrected chi connectivity index (χ2v) is 6.55. The summed E-state index contributed by atoms with van der Waals surface area (Å²) in [6.07, 6.45) is 8.36. The summed E-state index contributed by atoms with van der Waals surface area (Å²) in [6, 6.07) is 5.37. The molecule has 0 unspecified atom stereocenters. The molecule has 0 radical (unpaired) electrons. The molecule has 2 amide bonds. The number of thiophene rings is 1. The van der Waals surface area contributed by atoms with Gasteiger partial charge in [-0.1, -0.05) is 12.1 Å². The first-order chi connectivity index (χ1) is 10.6. The van der Waals surface area contributed by atoms with Crippen LogP contribution in [0.25, 0.3) is 6.08 Å². The fraction of sp³-hybridized carbons (Fsp3) is 0.250. The Morgan fingerprint density at radius 1 is 1.45 bits per heavy atom. The van der Waals surface area contributed by atoms with Gasteiger partial charge in [0.05, 0.1) is 6.54 Å². The summed E-state index contributed by atoms with van der Waals surface area (Å²) in [5, 5.41) is 10.00. The molecule has 0 aliphatic heterocycles. The number of pyridine rings is 1.